The van der Waals surface area contributed by atoms with E-state index in [0.29, 0.717) is 0 Å². The first-order valence-corrected chi connectivity index (χ1v) is 7.81. The van der Waals surface area contributed by atoms with Gasteiger partial charge in [0.1, 0.15) is 0 Å². The first kappa shape index (κ1) is 15.0. The maximum Gasteiger partial charge on any atom is 0.0121 e. The van der Waals surface area contributed by atoms with Gasteiger partial charge in [-0.25, -0.2) is 0 Å². The van der Waals surface area contributed by atoms with Gasteiger partial charge in [-0.15, -0.1) is 0 Å². The van der Waals surface area contributed by atoms with E-state index >= 15 is 0 Å². The van der Waals surface area contributed by atoms with Gasteiger partial charge in [0.15, 0.2) is 0 Å². The summed E-state index contributed by atoms with van der Waals surface area (Å²) in [6.45, 7) is 13.1. The molecule has 1 saturated carbocycles. The van der Waals surface area contributed by atoms with E-state index in [1.54, 1.807) is 0 Å². The molecule has 0 amide bonds. The Labute approximate surface area is 109 Å². The predicted octanol–water partition coefficient (Wildman–Crippen LogP) is 4.47. The average Bonchev–Trinajstić information content (AvgIpc) is 2.29. The van der Waals surface area contributed by atoms with Crippen LogP contribution < -0.4 is 5.32 Å². The Morgan fingerprint density at radius 1 is 1.00 bits per heavy atom. The van der Waals surface area contributed by atoms with Crippen molar-refractivity contribution in [3.63, 3.8) is 0 Å². The summed E-state index contributed by atoms with van der Waals surface area (Å²) in [5.74, 6) is 3.48. The van der Waals surface area contributed by atoms with Crippen molar-refractivity contribution in [2.24, 2.45) is 23.7 Å². The minimum absolute atomic E-state index is 0.739. The van der Waals surface area contributed by atoms with Crippen LogP contribution in [-0.4, -0.2) is 12.6 Å². The third-order valence-electron chi connectivity index (χ3n) is 4.54. The Balaban J connectivity index is 2.67. The lowest BCUT2D eigenvalue weighted by Gasteiger charge is -2.41. The first-order chi connectivity index (χ1) is 8.07. The molecule has 0 aliphatic heterocycles. The van der Waals surface area contributed by atoms with Crippen molar-refractivity contribution >= 4 is 0 Å². The molecule has 0 spiro atoms. The zero-order valence-electron chi connectivity index (χ0n) is 12.6. The van der Waals surface area contributed by atoms with Gasteiger partial charge in [-0.1, -0.05) is 47.5 Å². The SMILES string of the molecule is CCCNC(C(C)C)C1CCCCC1C(C)C. The van der Waals surface area contributed by atoms with Crippen LogP contribution in [0.3, 0.4) is 0 Å². The molecule has 1 aliphatic rings. The zero-order chi connectivity index (χ0) is 12.8. The van der Waals surface area contributed by atoms with Crippen LogP contribution >= 0.6 is 0 Å². The second-order valence-electron chi connectivity index (χ2n) is 6.58. The molecule has 0 aromatic carbocycles. The summed E-state index contributed by atoms with van der Waals surface area (Å²) >= 11 is 0. The van der Waals surface area contributed by atoms with E-state index in [0.717, 1.165) is 29.7 Å². The molecule has 0 saturated heterocycles. The smallest absolute Gasteiger partial charge is 0.0121 e. The van der Waals surface area contributed by atoms with Crippen molar-refractivity contribution < 1.29 is 0 Å². The highest BCUT2D eigenvalue weighted by atomic mass is 14.9. The summed E-state index contributed by atoms with van der Waals surface area (Å²) in [6, 6.07) is 0.739. The van der Waals surface area contributed by atoms with Crippen LogP contribution in [0.2, 0.25) is 0 Å². The van der Waals surface area contributed by atoms with Gasteiger partial charge >= 0.3 is 0 Å². The minimum Gasteiger partial charge on any atom is -0.313 e. The van der Waals surface area contributed by atoms with Gasteiger partial charge < -0.3 is 5.32 Å². The zero-order valence-corrected chi connectivity index (χ0v) is 12.6. The molecule has 0 radical (unpaired) electrons. The lowest BCUT2D eigenvalue weighted by atomic mass is 9.68. The van der Waals surface area contributed by atoms with Crippen molar-refractivity contribution in [2.45, 2.75) is 72.8 Å². The molecule has 3 unspecified atom stereocenters. The molecule has 1 heteroatoms. The van der Waals surface area contributed by atoms with Crippen LogP contribution in [0, 0.1) is 23.7 Å². The lowest BCUT2D eigenvalue weighted by Crippen LogP contribution is -2.46. The molecule has 1 rings (SSSR count). The van der Waals surface area contributed by atoms with Crippen LogP contribution in [0.1, 0.15) is 66.7 Å². The van der Waals surface area contributed by atoms with Gasteiger partial charge in [0.05, 0.1) is 0 Å². The van der Waals surface area contributed by atoms with Crippen molar-refractivity contribution in [1.29, 1.82) is 0 Å². The predicted molar refractivity (Wildman–Crippen MR) is 77.2 cm³/mol. The molecule has 0 bridgehead atoms. The second kappa shape index (κ2) is 7.41. The number of rotatable bonds is 6. The highest BCUT2D eigenvalue weighted by Gasteiger charge is 2.34. The first-order valence-electron chi connectivity index (χ1n) is 7.81. The van der Waals surface area contributed by atoms with Crippen LogP contribution in [0.5, 0.6) is 0 Å². The van der Waals surface area contributed by atoms with E-state index in [1.165, 1.54) is 38.6 Å². The molecule has 1 aliphatic carbocycles. The summed E-state index contributed by atoms with van der Waals surface area (Å²) < 4.78 is 0. The summed E-state index contributed by atoms with van der Waals surface area (Å²) in [4.78, 5) is 0. The van der Waals surface area contributed by atoms with Crippen LogP contribution in [0.4, 0.5) is 0 Å². The molecule has 1 nitrogen and oxygen atoms in total. The van der Waals surface area contributed by atoms with E-state index in [1.807, 2.05) is 0 Å². The molecule has 1 N–H and O–H groups in total. The average molecular weight is 239 g/mol. The highest BCUT2D eigenvalue weighted by Crippen LogP contribution is 2.38. The van der Waals surface area contributed by atoms with Gasteiger partial charge in [0.25, 0.3) is 0 Å². The molecule has 102 valence electrons. The van der Waals surface area contributed by atoms with E-state index in [-0.39, 0.29) is 0 Å². The molecule has 0 heterocycles. The lowest BCUT2D eigenvalue weighted by molar-refractivity contribution is 0.116. The van der Waals surface area contributed by atoms with Gasteiger partial charge in [-0.3, -0.25) is 0 Å². The van der Waals surface area contributed by atoms with Gasteiger partial charge in [0, 0.05) is 6.04 Å². The molecule has 0 aromatic rings. The van der Waals surface area contributed by atoms with E-state index in [2.05, 4.69) is 39.9 Å². The Bertz CT molecular complexity index is 198. The monoisotopic (exact) mass is 239 g/mol. The molecule has 3 atom stereocenters. The van der Waals surface area contributed by atoms with Crippen molar-refractivity contribution in [2.75, 3.05) is 6.54 Å². The number of nitrogens with one attached hydrogen (secondary N) is 1. The summed E-state index contributed by atoms with van der Waals surface area (Å²) in [5, 5.41) is 3.82. The van der Waals surface area contributed by atoms with Crippen molar-refractivity contribution in [1.82, 2.24) is 5.32 Å². The highest BCUT2D eigenvalue weighted by molar-refractivity contribution is 4.88. The Kier molecular flexibility index (Phi) is 6.54. The Hall–Kier alpha value is -0.0400. The minimum atomic E-state index is 0.739. The quantitative estimate of drug-likeness (QED) is 0.721. The second-order valence-corrected chi connectivity index (χ2v) is 6.58. The van der Waals surface area contributed by atoms with Crippen LogP contribution in [0.25, 0.3) is 0 Å². The normalized spacial score (nSPS) is 27.7. The summed E-state index contributed by atoms with van der Waals surface area (Å²) in [7, 11) is 0. The topological polar surface area (TPSA) is 12.0 Å². The number of hydrogen-bond donors (Lipinski definition) is 1. The van der Waals surface area contributed by atoms with Crippen molar-refractivity contribution in [3.8, 4) is 0 Å². The third kappa shape index (κ3) is 4.28. The summed E-state index contributed by atoms with van der Waals surface area (Å²) in [5.41, 5.74) is 0. The molecule has 1 fully saturated rings. The van der Waals surface area contributed by atoms with Gasteiger partial charge in [-0.2, -0.15) is 0 Å². The molecular weight excluding hydrogens is 206 g/mol. The Morgan fingerprint density at radius 3 is 2.06 bits per heavy atom. The maximum atomic E-state index is 3.82. The van der Waals surface area contributed by atoms with Crippen molar-refractivity contribution in [3.05, 3.63) is 0 Å². The summed E-state index contributed by atoms with van der Waals surface area (Å²) in [6.07, 6.45) is 7.06. The molecule has 17 heavy (non-hydrogen) atoms. The third-order valence-corrected chi connectivity index (χ3v) is 4.54. The number of hydrogen-bond acceptors (Lipinski definition) is 1. The molecular formula is C16H33N. The Morgan fingerprint density at radius 2 is 1.59 bits per heavy atom. The fraction of sp³-hybridized carbons (Fsp3) is 1.00. The largest absolute Gasteiger partial charge is 0.313 e. The standard InChI is InChI=1S/C16H33N/c1-6-11-17-16(13(4)5)15-10-8-7-9-14(15)12(2)3/h12-17H,6-11H2,1-5H3. The van der Waals surface area contributed by atoms with E-state index in [4.69, 9.17) is 0 Å². The fourth-order valence-corrected chi connectivity index (χ4v) is 3.65. The fourth-order valence-electron chi connectivity index (χ4n) is 3.65. The van der Waals surface area contributed by atoms with E-state index < -0.39 is 0 Å². The van der Waals surface area contributed by atoms with E-state index in [9.17, 15) is 0 Å². The van der Waals surface area contributed by atoms with Crippen LogP contribution in [0.15, 0.2) is 0 Å². The molecule has 0 aromatic heterocycles. The maximum absolute atomic E-state index is 3.82. The van der Waals surface area contributed by atoms with Gasteiger partial charge in [0.2, 0.25) is 0 Å². The van der Waals surface area contributed by atoms with Gasteiger partial charge in [-0.05, 0) is 49.5 Å². The van der Waals surface area contributed by atoms with Crippen LogP contribution in [-0.2, 0) is 0 Å².